The quantitative estimate of drug-likeness (QED) is 0.825. The molecule has 0 aromatic heterocycles. The van der Waals surface area contributed by atoms with Gasteiger partial charge in [-0.1, -0.05) is 17.7 Å². The first-order valence-corrected chi connectivity index (χ1v) is 7.32. The van der Waals surface area contributed by atoms with E-state index in [-0.39, 0.29) is 12.5 Å². The zero-order chi connectivity index (χ0) is 17.5. The van der Waals surface area contributed by atoms with Crippen molar-refractivity contribution in [3.8, 4) is 0 Å². The molecule has 2 N–H and O–H groups in total. The van der Waals surface area contributed by atoms with Crippen LogP contribution in [0.5, 0.6) is 0 Å². The third-order valence-electron chi connectivity index (χ3n) is 3.31. The number of carbonyl (C=O) groups excluding carboxylic acids is 3. The average molecular weight is 326 g/mol. The zero-order valence-electron chi connectivity index (χ0n) is 13.5. The minimum Gasteiger partial charge on any atom is -0.468 e. The van der Waals surface area contributed by atoms with E-state index in [1.807, 2.05) is 19.1 Å². The normalized spacial score (nSPS) is 9.92. The van der Waals surface area contributed by atoms with Gasteiger partial charge in [0.1, 0.15) is 6.54 Å². The van der Waals surface area contributed by atoms with Crippen molar-refractivity contribution < 1.29 is 19.1 Å². The highest BCUT2D eigenvalue weighted by molar-refractivity contribution is 6.04. The number of aryl methyl sites for hydroxylation is 1. The minimum absolute atomic E-state index is 0.193. The second-order valence-electron chi connectivity index (χ2n) is 5.16. The van der Waals surface area contributed by atoms with Gasteiger partial charge in [0.2, 0.25) is 0 Å². The highest BCUT2D eigenvalue weighted by atomic mass is 16.5. The first-order chi connectivity index (χ1) is 11.5. The summed E-state index contributed by atoms with van der Waals surface area (Å²) in [6.45, 7) is 1.72. The first kappa shape index (κ1) is 17.2. The fourth-order valence-corrected chi connectivity index (χ4v) is 2.02. The van der Waals surface area contributed by atoms with Crippen LogP contribution in [0.3, 0.4) is 0 Å². The number of rotatable bonds is 5. The van der Waals surface area contributed by atoms with Gasteiger partial charge in [-0.25, -0.2) is 0 Å². The zero-order valence-corrected chi connectivity index (χ0v) is 13.5. The van der Waals surface area contributed by atoms with Crippen LogP contribution in [-0.2, 0) is 9.53 Å². The molecule has 0 fully saturated rings. The van der Waals surface area contributed by atoms with Crippen molar-refractivity contribution in [1.82, 2.24) is 5.32 Å². The molecule has 2 rings (SSSR count). The number of ether oxygens (including phenoxy) is 1. The van der Waals surface area contributed by atoms with Gasteiger partial charge < -0.3 is 15.4 Å². The van der Waals surface area contributed by atoms with Crippen LogP contribution in [-0.4, -0.2) is 31.4 Å². The summed E-state index contributed by atoms with van der Waals surface area (Å²) >= 11 is 0. The number of carbonyl (C=O) groups is 3. The Labute approximate surface area is 139 Å². The van der Waals surface area contributed by atoms with E-state index < -0.39 is 11.9 Å². The minimum atomic E-state index is -0.523. The smallest absolute Gasteiger partial charge is 0.325 e. The van der Waals surface area contributed by atoms with E-state index in [4.69, 9.17) is 0 Å². The standard InChI is InChI=1S/C18H18N2O4/c1-12-4-3-5-14(10-12)18(23)20-15-8-6-13(7-9-15)17(22)19-11-16(21)24-2/h3-10H,11H2,1-2H3,(H,19,22)(H,20,23). The maximum Gasteiger partial charge on any atom is 0.325 e. The van der Waals surface area contributed by atoms with E-state index >= 15 is 0 Å². The Morgan fingerprint density at radius 3 is 2.29 bits per heavy atom. The largest absolute Gasteiger partial charge is 0.468 e. The summed E-state index contributed by atoms with van der Waals surface area (Å²) in [5.74, 6) is -1.14. The van der Waals surface area contributed by atoms with Crippen LogP contribution in [0.4, 0.5) is 5.69 Å². The molecule has 6 nitrogen and oxygen atoms in total. The van der Waals surface area contributed by atoms with Gasteiger partial charge in [-0.2, -0.15) is 0 Å². The summed E-state index contributed by atoms with van der Waals surface area (Å²) in [4.78, 5) is 35.0. The van der Waals surface area contributed by atoms with Crippen LogP contribution < -0.4 is 10.6 Å². The van der Waals surface area contributed by atoms with Crippen molar-refractivity contribution in [3.05, 3.63) is 65.2 Å². The van der Waals surface area contributed by atoms with Crippen molar-refractivity contribution in [2.75, 3.05) is 19.0 Å². The molecule has 6 heteroatoms. The Bertz CT molecular complexity index is 754. The third kappa shape index (κ3) is 4.67. The maximum atomic E-state index is 12.2. The number of hydrogen-bond acceptors (Lipinski definition) is 4. The van der Waals surface area contributed by atoms with Crippen molar-refractivity contribution in [2.45, 2.75) is 6.92 Å². The first-order valence-electron chi connectivity index (χ1n) is 7.32. The Balaban J connectivity index is 1.98. The summed E-state index contributed by atoms with van der Waals surface area (Å²) in [7, 11) is 1.25. The molecule has 0 atom stereocenters. The van der Waals surface area contributed by atoms with E-state index in [0.717, 1.165) is 5.56 Å². The summed E-state index contributed by atoms with van der Waals surface area (Å²) in [5, 5.41) is 5.21. The average Bonchev–Trinajstić information content (AvgIpc) is 2.60. The maximum absolute atomic E-state index is 12.2. The number of amides is 2. The summed E-state index contributed by atoms with van der Waals surface area (Å²) in [6.07, 6.45) is 0. The van der Waals surface area contributed by atoms with Gasteiger partial charge in [0.25, 0.3) is 11.8 Å². The summed E-state index contributed by atoms with van der Waals surface area (Å²) < 4.78 is 4.45. The van der Waals surface area contributed by atoms with Crippen molar-refractivity contribution >= 4 is 23.5 Å². The molecular weight excluding hydrogens is 308 g/mol. The number of methoxy groups -OCH3 is 1. The highest BCUT2D eigenvalue weighted by Crippen LogP contribution is 2.12. The molecule has 0 aliphatic rings. The van der Waals surface area contributed by atoms with Gasteiger partial charge in [-0.15, -0.1) is 0 Å². The van der Waals surface area contributed by atoms with Crippen molar-refractivity contribution in [3.63, 3.8) is 0 Å². The predicted molar refractivity (Wildman–Crippen MR) is 89.9 cm³/mol. The lowest BCUT2D eigenvalue weighted by Crippen LogP contribution is -2.30. The van der Waals surface area contributed by atoms with Gasteiger partial charge >= 0.3 is 5.97 Å². The van der Waals surface area contributed by atoms with E-state index in [0.29, 0.717) is 16.8 Å². The Hall–Kier alpha value is -3.15. The lowest BCUT2D eigenvalue weighted by molar-refractivity contribution is -0.139. The van der Waals surface area contributed by atoms with Crippen LogP contribution in [0.15, 0.2) is 48.5 Å². The van der Waals surface area contributed by atoms with E-state index in [2.05, 4.69) is 15.4 Å². The van der Waals surface area contributed by atoms with Gasteiger partial charge in [0.15, 0.2) is 0 Å². The van der Waals surface area contributed by atoms with Crippen LogP contribution in [0.25, 0.3) is 0 Å². The molecule has 0 aliphatic carbocycles. The molecule has 124 valence electrons. The molecule has 0 saturated heterocycles. The number of anilines is 1. The molecule has 0 radical (unpaired) electrons. The topological polar surface area (TPSA) is 84.5 Å². The fraction of sp³-hybridized carbons (Fsp3) is 0.167. The van der Waals surface area contributed by atoms with E-state index in [1.165, 1.54) is 7.11 Å². The van der Waals surface area contributed by atoms with Crippen LogP contribution in [0.2, 0.25) is 0 Å². The monoisotopic (exact) mass is 326 g/mol. The number of nitrogens with one attached hydrogen (secondary N) is 2. The predicted octanol–water partition coefficient (Wildman–Crippen LogP) is 2.15. The molecule has 2 amide bonds. The SMILES string of the molecule is COC(=O)CNC(=O)c1ccc(NC(=O)c2cccc(C)c2)cc1. The molecular formula is C18H18N2O4. The van der Waals surface area contributed by atoms with Crippen molar-refractivity contribution in [1.29, 1.82) is 0 Å². The summed E-state index contributed by atoms with van der Waals surface area (Å²) in [6, 6.07) is 13.6. The second kappa shape index (κ2) is 7.92. The van der Waals surface area contributed by atoms with Gasteiger partial charge in [0, 0.05) is 16.8 Å². The number of esters is 1. The molecule has 0 unspecified atom stereocenters. The Morgan fingerprint density at radius 2 is 1.67 bits per heavy atom. The fourth-order valence-electron chi connectivity index (χ4n) is 2.02. The molecule has 0 aliphatic heterocycles. The Morgan fingerprint density at radius 1 is 0.958 bits per heavy atom. The lowest BCUT2D eigenvalue weighted by Gasteiger charge is -2.07. The lowest BCUT2D eigenvalue weighted by atomic mass is 10.1. The molecule has 0 spiro atoms. The van der Waals surface area contributed by atoms with Crippen LogP contribution >= 0.6 is 0 Å². The second-order valence-corrected chi connectivity index (χ2v) is 5.16. The molecule has 2 aromatic carbocycles. The van der Waals surface area contributed by atoms with E-state index in [1.54, 1.807) is 36.4 Å². The molecule has 0 saturated carbocycles. The van der Waals surface area contributed by atoms with Crippen LogP contribution in [0, 0.1) is 6.92 Å². The third-order valence-corrected chi connectivity index (χ3v) is 3.31. The van der Waals surface area contributed by atoms with Gasteiger partial charge in [0.05, 0.1) is 7.11 Å². The van der Waals surface area contributed by atoms with Crippen molar-refractivity contribution in [2.24, 2.45) is 0 Å². The molecule has 24 heavy (non-hydrogen) atoms. The molecule has 0 bridgehead atoms. The molecule has 2 aromatic rings. The number of benzene rings is 2. The number of hydrogen-bond donors (Lipinski definition) is 2. The van der Waals surface area contributed by atoms with Crippen LogP contribution in [0.1, 0.15) is 26.3 Å². The van der Waals surface area contributed by atoms with Gasteiger partial charge in [-0.05, 0) is 43.3 Å². The molecule has 0 heterocycles. The summed E-state index contributed by atoms with van der Waals surface area (Å²) in [5.41, 5.74) is 2.52. The highest BCUT2D eigenvalue weighted by Gasteiger charge is 2.09. The van der Waals surface area contributed by atoms with Gasteiger partial charge in [-0.3, -0.25) is 14.4 Å². The van der Waals surface area contributed by atoms with E-state index in [9.17, 15) is 14.4 Å². The Kier molecular flexibility index (Phi) is 5.68.